The van der Waals surface area contributed by atoms with Crippen LogP contribution in [0, 0.1) is 6.92 Å². The number of nitrogens with zero attached hydrogens (tertiary/aromatic N) is 3. The Balaban J connectivity index is 1.57. The van der Waals surface area contributed by atoms with Crippen LogP contribution < -0.4 is 10.6 Å². The second-order valence-electron chi connectivity index (χ2n) is 6.70. The first-order valence-corrected chi connectivity index (χ1v) is 9.37. The van der Waals surface area contributed by atoms with Gasteiger partial charge in [0.25, 0.3) is 5.91 Å². The Morgan fingerprint density at radius 3 is 2.70 bits per heavy atom. The zero-order valence-electron chi connectivity index (χ0n) is 15.9. The number of rotatable bonds is 7. The van der Waals surface area contributed by atoms with Gasteiger partial charge in [0.15, 0.2) is 0 Å². The summed E-state index contributed by atoms with van der Waals surface area (Å²) in [5, 5.41) is 6.22. The number of ether oxygens (including phenoxy) is 1. The predicted molar refractivity (Wildman–Crippen MR) is 105 cm³/mol. The van der Waals surface area contributed by atoms with Crippen molar-refractivity contribution in [1.82, 2.24) is 20.2 Å². The first kappa shape index (κ1) is 19.3. The summed E-state index contributed by atoms with van der Waals surface area (Å²) in [4.78, 5) is 23.7. The molecule has 27 heavy (non-hydrogen) atoms. The second kappa shape index (κ2) is 9.43. The molecule has 7 nitrogen and oxygen atoms in total. The Morgan fingerprint density at radius 2 is 1.96 bits per heavy atom. The minimum absolute atomic E-state index is 0.0910. The van der Waals surface area contributed by atoms with Crippen molar-refractivity contribution in [2.75, 3.05) is 44.7 Å². The van der Waals surface area contributed by atoms with Crippen LogP contribution in [-0.4, -0.2) is 60.2 Å². The van der Waals surface area contributed by atoms with Crippen molar-refractivity contribution in [2.24, 2.45) is 0 Å². The Hall–Kier alpha value is -2.51. The van der Waals surface area contributed by atoms with E-state index >= 15 is 0 Å². The summed E-state index contributed by atoms with van der Waals surface area (Å²) in [6.45, 7) is 8.91. The van der Waals surface area contributed by atoms with Gasteiger partial charge in [-0.25, -0.2) is 9.97 Å². The highest BCUT2D eigenvalue weighted by atomic mass is 16.5. The zero-order chi connectivity index (χ0) is 19.1. The molecule has 1 aromatic carbocycles. The Kier molecular flexibility index (Phi) is 6.73. The number of anilines is 1. The van der Waals surface area contributed by atoms with Crippen molar-refractivity contribution >= 4 is 11.9 Å². The topological polar surface area (TPSA) is 79.4 Å². The summed E-state index contributed by atoms with van der Waals surface area (Å²) in [5.74, 6) is 0.286. The molecule has 1 fully saturated rings. The largest absolute Gasteiger partial charge is 0.379 e. The number of hydrogen-bond donors (Lipinski definition) is 2. The van der Waals surface area contributed by atoms with Crippen molar-refractivity contribution in [3.05, 3.63) is 53.3 Å². The van der Waals surface area contributed by atoms with E-state index in [9.17, 15) is 4.79 Å². The number of carbonyl (C=O) groups is 1. The lowest BCUT2D eigenvalue weighted by Crippen LogP contribution is -2.39. The number of aromatic nitrogens is 2. The smallest absolute Gasteiger partial charge is 0.270 e. The minimum Gasteiger partial charge on any atom is -0.379 e. The van der Waals surface area contributed by atoms with Crippen molar-refractivity contribution in [3.63, 3.8) is 0 Å². The number of hydrogen-bond acceptors (Lipinski definition) is 6. The molecule has 1 aromatic heterocycles. The molecule has 1 atom stereocenters. The van der Waals surface area contributed by atoms with E-state index in [2.05, 4.69) is 25.5 Å². The fourth-order valence-electron chi connectivity index (χ4n) is 3.01. The van der Waals surface area contributed by atoms with E-state index in [4.69, 9.17) is 4.74 Å². The van der Waals surface area contributed by atoms with Gasteiger partial charge in [0.2, 0.25) is 5.95 Å². The third-order valence-electron chi connectivity index (χ3n) is 4.55. The van der Waals surface area contributed by atoms with Crippen LogP contribution in [0.25, 0.3) is 0 Å². The van der Waals surface area contributed by atoms with Crippen LogP contribution in [0.5, 0.6) is 0 Å². The highest BCUT2D eigenvalue weighted by Gasteiger charge is 2.15. The molecule has 2 aromatic rings. The highest BCUT2D eigenvalue weighted by molar-refractivity contribution is 5.92. The lowest BCUT2D eigenvalue weighted by Gasteiger charge is -2.26. The third kappa shape index (κ3) is 5.74. The maximum Gasteiger partial charge on any atom is 0.270 e. The van der Waals surface area contributed by atoms with Gasteiger partial charge < -0.3 is 15.4 Å². The van der Waals surface area contributed by atoms with Gasteiger partial charge in [0.1, 0.15) is 5.69 Å². The molecule has 1 amide bonds. The van der Waals surface area contributed by atoms with Crippen molar-refractivity contribution in [3.8, 4) is 0 Å². The van der Waals surface area contributed by atoms with E-state index in [0.29, 0.717) is 11.6 Å². The molecular weight excluding hydrogens is 342 g/mol. The molecule has 1 saturated heterocycles. The summed E-state index contributed by atoms with van der Waals surface area (Å²) in [6, 6.07) is 11.5. The molecule has 1 aliphatic rings. The molecule has 0 spiro atoms. The Labute approximate surface area is 160 Å². The standard InChI is InChI=1S/C20H27N5O2/c1-15-14-18(19(26)23-16(2)17-6-4-3-5-7-17)24-20(22-15)21-8-9-25-10-12-27-13-11-25/h3-7,14,16H,8-13H2,1-2H3,(H,23,26)(H,21,22,24). The first-order valence-electron chi connectivity index (χ1n) is 9.37. The average Bonchev–Trinajstić information content (AvgIpc) is 2.69. The third-order valence-corrected chi connectivity index (χ3v) is 4.55. The van der Waals surface area contributed by atoms with Gasteiger partial charge in [-0.1, -0.05) is 30.3 Å². The number of aryl methyl sites for hydroxylation is 1. The molecule has 0 aliphatic carbocycles. The van der Waals surface area contributed by atoms with Crippen molar-refractivity contribution in [2.45, 2.75) is 19.9 Å². The molecule has 3 rings (SSSR count). The Bertz CT molecular complexity index is 747. The molecule has 0 bridgehead atoms. The molecule has 144 valence electrons. The van der Waals surface area contributed by atoms with E-state index in [0.717, 1.165) is 50.7 Å². The van der Waals surface area contributed by atoms with E-state index in [-0.39, 0.29) is 11.9 Å². The van der Waals surface area contributed by atoms with Crippen LogP contribution in [0.4, 0.5) is 5.95 Å². The molecule has 1 aliphatic heterocycles. The van der Waals surface area contributed by atoms with Gasteiger partial charge in [-0.2, -0.15) is 0 Å². The normalized spacial score (nSPS) is 15.9. The summed E-state index contributed by atoms with van der Waals surface area (Å²) in [7, 11) is 0. The second-order valence-corrected chi connectivity index (χ2v) is 6.70. The maximum atomic E-state index is 12.6. The van der Waals surface area contributed by atoms with E-state index in [1.54, 1.807) is 6.07 Å². The van der Waals surface area contributed by atoms with E-state index in [1.807, 2.05) is 44.2 Å². The summed E-state index contributed by atoms with van der Waals surface area (Å²) in [5.41, 5.74) is 2.19. The minimum atomic E-state index is -0.201. The monoisotopic (exact) mass is 369 g/mol. The van der Waals surface area contributed by atoms with Gasteiger partial charge >= 0.3 is 0 Å². The predicted octanol–water partition coefficient (Wildman–Crippen LogP) is 2.02. The van der Waals surface area contributed by atoms with Crippen LogP contribution in [0.1, 0.15) is 34.7 Å². The van der Waals surface area contributed by atoms with Gasteiger partial charge in [0, 0.05) is 31.9 Å². The van der Waals surface area contributed by atoms with Crippen LogP contribution in [0.3, 0.4) is 0 Å². The first-order chi connectivity index (χ1) is 13.1. The molecule has 2 heterocycles. The number of benzene rings is 1. The number of morpholine rings is 1. The highest BCUT2D eigenvalue weighted by Crippen LogP contribution is 2.13. The van der Waals surface area contributed by atoms with Gasteiger partial charge in [0.05, 0.1) is 19.3 Å². The molecule has 1 unspecified atom stereocenters. The Morgan fingerprint density at radius 1 is 1.22 bits per heavy atom. The zero-order valence-corrected chi connectivity index (χ0v) is 15.9. The fourth-order valence-corrected chi connectivity index (χ4v) is 3.01. The van der Waals surface area contributed by atoms with Crippen LogP contribution in [0.15, 0.2) is 36.4 Å². The average molecular weight is 369 g/mol. The van der Waals surface area contributed by atoms with Crippen molar-refractivity contribution in [1.29, 1.82) is 0 Å². The quantitative estimate of drug-likeness (QED) is 0.777. The van der Waals surface area contributed by atoms with E-state index < -0.39 is 0 Å². The van der Waals surface area contributed by atoms with Gasteiger partial charge in [-0.15, -0.1) is 0 Å². The lowest BCUT2D eigenvalue weighted by molar-refractivity contribution is 0.0398. The molecule has 2 N–H and O–H groups in total. The number of amides is 1. The summed E-state index contributed by atoms with van der Waals surface area (Å²) >= 11 is 0. The SMILES string of the molecule is Cc1cc(C(=O)NC(C)c2ccccc2)nc(NCCN2CCOCC2)n1. The van der Waals surface area contributed by atoms with Crippen LogP contribution in [-0.2, 0) is 4.74 Å². The van der Waals surface area contributed by atoms with Crippen LogP contribution in [0.2, 0.25) is 0 Å². The number of carbonyl (C=O) groups excluding carboxylic acids is 1. The molecule has 7 heteroatoms. The summed E-state index contributed by atoms with van der Waals surface area (Å²) in [6.07, 6.45) is 0. The van der Waals surface area contributed by atoms with E-state index in [1.165, 1.54) is 0 Å². The molecular formula is C20H27N5O2. The fraction of sp³-hybridized carbons (Fsp3) is 0.450. The molecule has 0 saturated carbocycles. The summed E-state index contributed by atoms with van der Waals surface area (Å²) < 4.78 is 5.35. The van der Waals surface area contributed by atoms with Gasteiger partial charge in [-0.3, -0.25) is 9.69 Å². The molecule has 0 radical (unpaired) electrons. The lowest BCUT2D eigenvalue weighted by atomic mass is 10.1. The maximum absolute atomic E-state index is 12.6. The van der Waals surface area contributed by atoms with Crippen LogP contribution >= 0.6 is 0 Å². The van der Waals surface area contributed by atoms with Crippen molar-refractivity contribution < 1.29 is 9.53 Å². The van der Waals surface area contributed by atoms with Gasteiger partial charge in [-0.05, 0) is 25.5 Å². The number of nitrogens with one attached hydrogen (secondary N) is 2.